The lowest BCUT2D eigenvalue weighted by Gasteiger charge is -2.12. The number of amides is 1. The van der Waals surface area contributed by atoms with Gasteiger partial charge in [0.2, 0.25) is 5.91 Å². The molecule has 0 aliphatic carbocycles. The van der Waals surface area contributed by atoms with Crippen LogP contribution in [0.25, 0.3) is 16.9 Å². The molecule has 0 atom stereocenters. The number of benzene rings is 2. The first-order valence-electron chi connectivity index (χ1n) is 9.68. The lowest BCUT2D eigenvalue weighted by molar-refractivity contribution is -0.114. The van der Waals surface area contributed by atoms with Gasteiger partial charge in [-0.25, -0.2) is 13.4 Å². The molecule has 0 saturated carbocycles. The van der Waals surface area contributed by atoms with Crippen LogP contribution in [0.1, 0.15) is 18.1 Å². The number of aromatic nitrogens is 2. The van der Waals surface area contributed by atoms with Gasteiger partial charge in [0.15, 0.2) is 0 Å². The molecule has 4 aromatic rings. The zero-order valence-electron chi connectivity index (χ0n) is 17.4. The number of carbonyl (C=O) groups excluding carboxylic acids is 1. The predicted molar refractivity (Wildman–Crippen MR) is 122 cm³/mol. The van der Waals surface area contributed by atoms with E-state index in [0.29, 0.717) is 11.4 Å². The Morgan fingerprint density at radius 3 is 2.45 bits per heavy atom. The minimum absolute atomic E-state index is 0.106. The topological polar surface area (TPSA) is 92.6 Å². The average molecular weight is 435 g/mol. The maximum absolute atomic E-state index is 12.9. The van der Waals surface area contributed by atoms with E-state index in [1.54, 1.807) is 18.2 Å². The third-order valence-electron chi connectivity index (χ3n) is 4.88. The summed E-state index contributed by atoms with van der Waals surface area (Å²) in [6.07, 6.45) is 3.86. The normalized spacial score (nSPS) is 11.5. The molecule has 8 heteroatoms. The molecule has 0 spiro atoms. The van der Waals surface area contributed by atoms with Crippen molar-refractivity contribution in [3.05, 3.63) is 78.1 Å². The SMILES string of the molecule is CC(=O)Nc1ccc(S(=O)(=O)Nc2cc(-c3cn4ccc(C)cc4n3)ccc2C)cc1. The van der Waals surface area contributed by atoms with Gasteiger partial charge in [0.05, 0.1) is 16.3 Å². The summed E-state index contributed by atoms with van der Waals surface area (Å²) in [6, 6.07) is 15.6. The second-order valence-corrected chi connectivity index (χ2v) is 9.12. The number of sulfonamides is 1. The summed E-state index contributed by atoms with van der Waals surface area (Å²) in [7, 11) is -3.80. The monoisotopic (exact) mass is 434 g/mol. The molecule has 2 N–H and O–H groups in total. The van der Waals surface area contributed by atoms with Crippen molar-refractivity contribution in [2.24, 2.45) is 0 Å². The molecule has 2 aromatic heterocycles. The van der Waals surface area contributed by atoms with Gasteiger partial charge >= 0.3 is 0 Å². The Labute approximate surface area is 180 Å². The number of nitrogens with zero attached hydrogens (tertiary/aromatic N) is 2. The van der Waals surface area contributed by atoms with Gasteiger partial charge < -0.3 is 9.72 Å². The first-order valence-corrected chi connectivity index (χ1v) is 11.2. The molecule has 2 aromatic carbocycles. The number of hydrogen-bond donors (Lipinski definition) is 2. The highest BCUT2D eigenvalue weighted by Gasteiger charge is 2.16. The molecule has 0 aliphatic heterocycles. The Morgan fingerprint density at radius 1 is 1.00 bits per heavy atom. The highest BCUT2D eigenvalue weighted by molar-refractivity contribution is 7.92. The molecule has 31 heavy (non-hydrogen) atoms. The number of aryl methyl sites for hydroxylation is 2. The molecule has 158 valence electrons. The van der Waals surface area contributed by atoms with Gasteiger partial charge in [0.25, 0.3) is 10.0 Å². The van der Waals surface area contributed by atoms with Crippen molar-refractivity contribution in [2.45, 2.75) is 25.7 Å². The highest BCUT2D eigenvalue weighted by atomic mass is 32.2. The van der Waals surface area contributed by atoms with Crippen LogP contribution in [0.15, 0.2) is 71.9 Å². The predicted octanol–water partition coefficient (Wildman–Crippen LogP) is 4.38. The summed E-state index contributed by atoms with van der Waals surface area (Å²) in [5.41, 5.74) is 5.32. The lowest BCUT2D eigenvalue weighted by Crippen LogP contribution is -2.14. The third kappa shape index (κ3) is 4.44. The molecular formula is C23H22N4O3S. The van der Waals surface area contributed by atoms with E-state index in [2.05, 4.69) is 15.0 Å². The molecule has 0 saturated heterocycles. The molecule has 2 heterocycles. The summed E-state index contributed by atoms with van der Waals surface area (Å²) in [5, 5.41) is 2.62. The number of anilines is 2. The zero-order chi connectivity index (χ0) is 22.2. The minimum Gasteiger partial charge on any atom is -0.326 e. The number of hydrogen-bond acceptors (Lipinski definition) is 4. The van der Waals surface area contributed by atoms with Gasteiger partial charge in [-0.1, -0.05) is 12.1 Å². The van der Waals surface area contributed by atoms with Crippen LogP contribution in [0.5, 0.6) is 0 Å². The number of nitrogens with one attached hydrogen (secondary N) is 2. The van der Waals surface area contributed by atoms with E-state index in [1.807, 2.05) is 54.9 Å². The van der Waals surface area contributed by atoms with E-state index < -0.39 is 10.0 Å². The van der Waals surface area contributed by atoms with Crippen LogP contribution in [0.4, 0.5) is 11.4 Å². The Balaban J connectivity index is 1.64. The van der Waals surface area contributed by atoms with Gasteiger partial charge in [0.1, 0.15) is 5.65 Å². The Morgan fingerprint density at radius 2 is 1.74 bits per heavy atom. The maximum atomic E-state index is 12.9. The van der Waals surface area contributed by atoms with E-state index in [4.69, 9.17) is 0 Å². The maximum Gasteiger partial charge on any atom is 0.261 e. The van der Waals surface area contributed by atoms with Crippen LogP contribution < -0.4 is 10.0 Å². The fraction of sp³-hybridized carbons (Fsp3) is 0.130. The van der Waals surface area contributed by atoms with Crippen molar-refractivity contribution in [3.63, 3.8) is 0 Å². The van der Waals surface area contributed by atoms with E-state index in [0.717, 1.165) is 28.0 Å². The zero-order valence-corrected chi connectivity index (χ0v) is 18.2. The van der Waals surface area contributed by atoms with E-state index in [9.17, 15) is 13.2 Å². The Hall–Kier alpha value is -3.65. The van der Waals surface area contributed by atoms with Crippen LogP contribution in [0, 0.1) is 13.8 Å². The molecule has 0 bridgehead atoms. The van der Waals surface area contributed by atoms with Crippen LogP contribution in [-0.4, -0.2) is 23.7 Å². The lowest BCUT2D eigenvalue weighted by atomic mass is 10.1. The quantitative estimate of drug-likeness (QED) is 0.488. The molecule has 7 nitrogen and oxygen atoms in total. The van der Waals surface area contributed by atoms with Crippen molar-refractivity contribution in [1.29, 1.82) is 0 Å². The van der Waals surface area contributed by atoms with Gasteiger partial charge in [0, 0.05) is 30.6 Å². The number of imidazole rings is 1. The molecule has 0 radical (unpaired) electrons. The highest BCUT2D eigenvalue weighted by Crippen LogP contribution is 2.27. The number of carbonyl (C=O) groups is 1. The first-order chi connectivity index (χ1) is 14.7. The first kappa shape index (κ1) is 20.6. The molecule has 4 rings (SSSR count). The second-order valence-electron chi connectivity index (χ2n) is 7.44. The van der Waals surface area contributed by atoms with Crippen molar-refractivity contribution < 1.29 is 13.2 Å². The van der Waals surface area contributed by atoms with Gasteiger partial charge in [-0.3, -0.25) is 9.52 Å². The van der Waals surface area contributed by atoms with Gasteiger partial charge in [-0.2, -0.15) is 0 Å². The Kier molecular flexibility index (Phi) is 5.24. The van der Waals surface area contributed by atoms with Crippen LogP contribution in [0.2, 0.25) is 0 Å². The van der Waals surface area contributed by atoms with Gasteiger partial charge in [-0.15, -0.1) is 0 Å². The van der Waals surface area contributed by atoms with Crippen LogP contribution >= 0.6 is 0 Å². The Bertz CT molecular complexity index is 1390. The summed E-state index contributed by atoms with van der Waals surface area (Å²) in [6.45, 7) is 5.25. The van der Waals surface area contributed by atoms with Crippen LogP contribution in [-0.2, 0) is 14.8 Å². The van der Waals surface area contributed by atoms with Crippen molar-refractivity contribution in [1.82, 2.24) is 9.38 Å². The number of rotatable bonds is 5. The average Bonchev–Trinajstić information content (AvgIpc) is 3.12. The summed E-state index contributed by atoms with van der Waals surface area (Å²) in [4.78, 5) is 15.9. The van der Waals surface area contributed by atoms with Crippen molar-refractivity contribution in [3.8, 4) is 11.3 Å². The largest absolute Gasteiger partial charge is 0.326 e. The fourth-order valence-corrected chi connectivity index (χ4v) is 4.36. The van der Waals surface area contributed by atoms with Crippen molar-refractivity contribution >= 4 is 33.0 Å². The minimum atomic E-state index is -3.80. The molecule has 1 amide bonds. The van der Waals surface area contributed by atoms with E-state index in [-0.39, 0.29) is 10.8 Å². The second kappa shape index (κ2) is 7.88. The number of fused-ring (bicyclic) bond motifs is 1. The van der Waals surface area contributed by atoms with Crippen molar-refractivity contribution in [2.75, 3.05) is 10.0 Å². The number of pyridine rings is 1. The van der Waals surface area contributed by atoms with Crippen LogP contribution in [0.3, 0.4) is 0 Å². The van der Waals surface area contributed by atoms with E-state index >= 15 is 0 Å². The molecule has 0 fully saturated rings. The molecular weight excluding hydrogens is 412 g/mol. The molecule has 0 unspecified atom stereocenters. The van der Waals surface area contributed by atoms with Gasteiger partial charge in [-0.05, 0) is 67.4 Å². The fourth-order valence-electron chi connectivity index (χ4n) is 3.24. The van der Waals surface area contributed by atoms with E-state index in [1.165, 1.54) is 19.1 Å². The third-order valence-corrected chi connectivity index (χ3v) is 6.26. The summed E-state index contributed by atoms with van der Waals surface area (Å²) in [5.74, 6) is -0.219. The summed E-state index contributed by atoms with van der Waals surface area (Å²) >= 11 is 0. The standard InChI is InChI=1S/C23H22N4O3S/c1-15-10-11-27-14-22(25-23(27)12-15)18-5-4-16(2)21(13-18)26-31(29,30)20-8-6-19(7-9-20)24-17(3)28/h4-14,26H,1-3H3,(H,24,28). The smallest absolute Gasteiger partial charge is 0.261 e. The molecule has 0 aliphatic rings. The summed E-state index contributed by atoms with van der Waals surface area (Å²) < 4.78 is 30.4.